The van der Waals surface area contributed by atoms with E-state index in [1.807, 2.05) is 6.92 Å². The van der Waals surface area contributed by atoms with Crippen LogP contribution in [-0.2, 0) is 10.0 Å². The fourth-order valence-electron chi connectivity index (χ4n) is 1.98. The van der Waals surface area contributed by atoms with Crippen molar-refractivity contribution in [3.8, 4) is 0 Å². The van der Waals surface area contributed by atoms with Gasteiger partial charge in [0.25, 0.3) is 0 Å². The van der Waals surface area contributed by atoms with E-state index in [1.54, 1.807) is 6.92 Å². The van der Waals surface area contributed by atoms with Crippen LogP contribution >= 0.6 is 11.6 Å². The molecule has 2 atom stereocenters. The normalized spacial score (nSPS) is 15.1. The molecule has 6 heteroatoms. The van der Waals surface area contributed by atoms with Crippen molar-refractivity contribution in [3.05, 3.63) is 22.7 Å². The highest BCUT2D eigenvalue weighted by molar-refractivity contribution is 7.89. The first-order valence-electron chi connectivity index (χ1n) is 6.75. The van der Waals surface area contributed by atoms with E-state index in [0.717, 1.165) is 12.8 Å². The molecule has 2 unspecified atom stereocenters. The van der Waals surface area contributed by atoms with E-state index in [0.29, 0.717) is 22.2 Å². The number of halogens is 1. The number of hydrogen-bond donors (Lipinski definition) is 2. The third-order valence-corrected chi connectivity index (χ3v) is 5.44. The number of benzene rings is 1. The molecule has 0 heterocycles. The summed E-state index contributed by atoms with van der Waals surface area (Å²) < 4.78 is 27.3. The summed E-state index contributed by atoms with van der Waals surface area (Å²) in [7, 11) is -3.59. The van der Waals surface area contributed by atoms with Gasteiger partial charge < -0.3 is 5.73 Å². The summed E-state index contributed by atoms with van der Waals surface area (Å²) in [6.07, 6.45) is 1.82. The summed E-state index contributed by atoms with van der Waals surface area (Å²) in [5, 5.41) is 0.361. The van der Waals surface area contributed by atoms with Crippen molar-refractivity contribution in [1.29, 1.82) is 0 Å². The second-order valence-electron chi connectivity index (χ2n) is 5.39. The van der Waals surface area contributed by atoms with Gasteiger partial charge in [0.1, 0.15) is 0 Å². The van der Waals surface area contributed by atoms with Crippen LogP contribution in [0, 0.1) is 12.8 Å². The van der Waals surface area contributed by atoms with Crippen LogP contribution in [-0.4, -0.2) is 14.5 Å². The molecule has 1 aromatic rings. The number of nitrogens with one attached hydrogen (secondary N) is 1. The summed E-state index contributed by atoms with van der Waals surface area (Å²) in [6, 6.07) is 2.75. The quantitative estimate of drug-likeness (QED) is 0.790. The smallest absolute Gasteiger partial charge is 0.240 e. The minimum absolute atomic E-state index is 0.113. The van der Waals surface area contributed by atoms with Crippen LogP contribution < -0.4 is 10.5 Å². The molecule has 0 saturated heterocycles. The van der Waals surface area contributed by atoms with E-state index in [-0.39, 0.29) is 10.9 Å². The van der Waals surface area contributed by atoms with Crippen LogP contribution in [0.3, 0.4) is 0 Å². The molecular formula is C14H23ClN2O2S. The zero-order valence-electron chi connectivity index (χ0n) is 12.4. The standard InChI is InChI=1S/C14H23ClN2O2S/c1-5-9(2)6-10(3)17-20(18,19)12-7-13(15)11(4)14(16)8-12/h7-10,17H,5-6,16H2,1-4H3. The molecule has 0 aromatic heterocycles. The fourth-order valence-corrected chi connectivity index (χ4v) is 3.59. The van der Waals surface area contributed by atoms with E-state index in [9.17, 15) is 8.42 Å². The Labute approximate surface area is 126 Å². The van der Waals surface area contributed by atoms with Crippen molar-refractivity contribution in [3.63, 3.8) is 0 Å². The molecule has 0 radical (unpaired) electrons. The van der Waals surface area contributed by atoms with Gasteiger partial charge in [0.05, 0.1) is 4.90 Å². The Morgan fingerprint density at radius 1 is 1.35 bits per heavy atom. The summed E-state index contributed by atoms with van der Waals surface area (Å²) in [4.78, 5) is 0.113. The lowest BCUT2D eigenvalue weighted by Crippen LogP contribution is -2.33. The molecule has 0 saturated carbocycles. The molecule has 0 aliphatic heterocycles. The molecule has 0 fully saturated rings. The third-order valence-electron chi connectivity index (χ3n) is 3.48. The van der Waals surface area contributed by atoms with E-state index < -0.39 is 10.0 Å². The van der Waals surface area contributed by atoms with Crippen LogP contribution in [0.2, 0.25) is 5.02 Å². The van der Waals surface area contributed by atoms with E-state index in [1.165, 1.54) is 12.1 Å². The lowest BCUT2D eigenvalue weighted by molar-refractivity contribution is 0.445. The lowest BCUT2D eigenvalue weighted by Gasteiger charge is -2.18. The Hall–Kier alpha value is -0.780. The van der Waals surface area contributed by atoms with E-state index in [2.05, 4.69) is 18.6 Å². The number of sulfonamides is 1. The van der Waals surface area contributed by atoms with E-state index >= 15 is 0 Å². The molecule has 4 nitrogen and oxygen atoms in total. The van der Waals surface area contributed by atoms with Crippen LogP contribution in [0.5, 0.6) is 0 Å². The zero-order valence-corrected chi connectivity index (χ0v) is 14.0. The molecule has 114 valence electrons. The average Bonchev–Trinajstić information content (AvgIpc) is 2.34. The van der Waals surface area contributed by atoms with Crippen LogP contribution in [0.25, 0.3) is 0 Å². The first-order valence-corrected chi connectivity index (χ1v) is 8.61. The second-order valence-corrected chi connectivity index (χ2v) is 7.51. The highest BCUT2D eigenvalue weighted by atomic mass is 35.5. The maximum absolute atomic E-state index is 12.3. The molecule has 0 aliphatic carbocycles. The number of rotatable bonds is 6. The molecule has 0 spiro atoms. The zero-order chi connectivity index (χ0) is 15.5. The molecule has 3 N–H and O–H groups in total. The van der Waals surface area contributed by atoms with Crippen molar-refractivity contribution in [2.75, 3.05) is 5.73 Å². The topological polar surface area (TPSA) is 72.2 Å². The van der Waals surface area contributed by atoms with E-state index in [4.69, 9.17) is 17.3 Å². The lowest BCUT2D eigenvalue weighted by atomic mass is 10.0. The maximum atomic E-state index is 12.3. The first-order chi connectivity index (χ1) is 9.17. The van der Waals surface area contributed by atoms with Crippen molar-refractivity contribution in [1.82, 2.24) is 4.72 Å². The molecule has 0 bridgehead atoms. The monoisotopic (exact) mass is 318 g/mol. The molecule has 0 amide bonds. The predicted molar refractivity (Wildman–Crippen MR) is 84.5 cm³/mol. The van der Waals surface area contributed by atoms with Gasteiger partial charge in [-0.25, -0.2) is 13.1 Å². The molecule has 0 aliphatic rings. The van der Waals surface area contributed by atoms with Crippen molar-refractivity contribution in [2.24, 2.45) is 5.92 Å². The van der Waals surface area contributed by atoms with Gasteiger partial charge in [0.15, 0.2) is 0 Å². The summed E-state index contributed by atoms with van der Waals surface area (Å²) in [5.74, 6) is 0.472. The van der Waals surface area contributed by atoms with Gasteiger partial charge in [0, 0.05) is 16.8 Å². The second kappa shape index (κ2) is 6.78. The number of hydrogen-bond acceptors (Lipinski definition) is 3. The summed E-state index contributed by atoms with van der Waals surface area (Å²) in [5.41, 5.74) is 6.85. The van der Waals surface area contributed by atoms with Crippen molar-refractivity contribution in [2.45, 2.75) is 51.5 Å². The Morgan fingerprint density at radius 3 is 2.45 bits per heavy atom. The molecule has 1 rings (SSSR count). The van der Waals surface area contributed by atoms with Crippen LogP contribution in [0.4, 0.5) is 5.69 Å². The Bertz CT molecular complexity index is 550. The van der Waals surface area contributed by atoms with Gasteiger partial charge in [0.2, 0.25) is 10.0 Å². The first kappa shape index (κ1) is 17.3. The van der Waals surface area contributed by atoms with Crippen molar-refractivity contribution < 1.29 is 8.42 Å². The van der Waals surface area contributed by atoms with Gasteiger partial charge in [-0.15, -0.1) is 0 Å². The van der Waals surface area contributed by atoms with Crippen LogP contribution in [0.1, 0.15) is 39.2 Å². The summed E-state index contributed by atoms with van der Waals surface area (Å²) >= 11 is 6.00. The highest BCUT2D eigenvalue weighted by Gasteiger charge is 2.20. The Morgan fingerprint density at radius 2 is 1.95 bits per heavy atom. The van der Waals surface area contributed by atoms with Gasteiger partial charge in [-0.3, -0.25) is 0 Å². The minimum Gasteiger partial charge on any atom is -0.398 e. The molecule has 20 heavy (non-hydrogen) atoms. The van der Waals surface area contributed by atoms with Crippen molar-refractivity contribution >= 4 is 27.3 Å². The molecular weight excluding hydrogens is 296 g/mol. The largest absolute Gasteiger partial charge is 0.398 e. The van der Waals surface area contributed by atoms with Crippen LogP contribution in [0.15, 0.2) is 17.0 Å². The Kier molecular flexibility index (Phi) is 5.86. The van der Waals surface area contributed by atoms with Gasteiger partial charge in [-0.1, -0.05) is 31.9 Å². The highest BCUT2D eigenvalue weighted by Crippen LogP contribution is 2.26. The number of nitrogen functional groups attached to an aromatic ring is 1. The van der Waals surface area contributed by atoms with Gasteiger partial charge in [-0.2, -0.15) is 0 Å². The SMILES string of the molecule is CCC(C)CC(C)NS(=O)(=O)c1cc(N)c(C)c(Cl)c1. The molecule has 1 aromatic carbocycles. The van der Waals surface area contributed by atoms with Gasteiger partial charge in [-0.05, 0) is 43.9 Å². The fraction of sp³-hybridized carbons (Fsp3) is 0.571. The Balaban J connectivity index is 2.94. The predicted octanol–water partition coefficient (Wildman–Crippen LogP) is 3.33. The number of nitrogens with two attached hydrogens (primary N) is 1. The minimum atomic E-state index is -3.59. The maximum Gasteiger partial charge on any atom is 0.240 e. The number of anilines is 1. The van der Waals surface area contributed by atoms with Gasteiger partial charge >= 0.3 is 0 Å². The summed E-state index contributed by atoms with van der Waals surface area (Å²) in [6.45, 7) is 7.81. The average molecular weight is 319 g/mol. The third kappa shape index (κ3) is 4.36.